The molecule has 0 saturated carbocycles. The molecule has 2 saturated heterocycles. The maximum absolute atomic E-state index is 11.7. The summed E-state index contributed by atoms with van der Waals surface area (Å²) < 4.78 is 33.8. The number of amides is 3. The normalized spacial score (nSPS) is 27.1. The minimum Gasteiger partial charge on any atom is -1.00 e. The van der Waals surface area contributed by atoms with E-state index in [4.69, 9.17) is 10.3 Å². The molecule has 3 amide bonds. The first-order valence-electron chi connectivity index (χ1n) is 4.86. The second-order valence-electron chi connectivity index (χ2n) is 3.91. The molecule has 9 nitrogen and oxygen atoms in total. The van der Waals surface area contributed by atoms with Crippen LogP contribution in [0.15, 0.2) is 0 Å². The predicted octanol–water partition coefficient (Wildman–Crippen LogP) is -4.41. The molecular weight excluding hydrogens is 277 g/mol. The van der Waals surface area contributed by atoms with Gasteiger partial charge in [0.25, 0.3) is 0 Å². The fourth-order valence-electron chi connectivity index (χ4n) is 2.13. The SMILES string of the molecule is NC(=O)C1CCC2CN1C(=O)N2OS(=O)(=O)O.[H-].[Na+]. The zero-order valence-corrected chi connectivity index (χ0v) is 12.5. The standard InChI is InChI=1S/C7H11N3O6S.Na.H/c8-6(11)5-2-1-4-3-9(5)7(12)10(4)16-17(13,14)15;;/h4-5H,1-3H2,(H2,8,11)(H,13,14,15);;/q;+1;-1. The van der Waals surface area contributed by atoms with E-state index in [1.807, 2.05) is 0 Å². The van der Waals surface area contributed by atoms with Gasteiger partial charge in [-0.1, -0.05) is 0 Å². The Balaban J connectivity index is 0.00000162. The van der Waals surface area contributed by atoms with Gasteiger partial charge >= 0.3 is 46.0 Å². The number of urea groups is 1. The van der Waals surface area contributed by atoms with Crippen LogP contribution in [0, 0.1) is 0 Å². The third-order valence-electron chi connectivity index (χ3n) is 2.83. The maximum Gasteiger partial charge on any atom is 1.00 e. The van der Waals surface area contributed by atoms with Gasteiger partial charge in [0.05, 0.1) is 6.04 Å². The molecule has 2 rings (SSSR count). The molecule has 0 aromatic rings. The van der Waals surface area contributed by atoms with Crippen LogP contribution in [0.2, 0.25) is 0 Å². The van der Waals surface area contributed by atoms with Gasteiger partial charge in [-0.2, -0.15) is 13.5 Å². The smallest absolute Gasteiger partial charge is 1.00 e. The summed E-state index contributed by atoms with van der Waals surface area (Å²) in [6.45, 7) is 0.155. The van der Waals surface area contributed by atoms with Crippen LogP contribution >= 0.6 is 0 Å². The van der Waals surface area contributed by atoms with Gasteiger partial charge in [0, 0.05) is 6.54 Å². The maximum atomic E-state index is 11.7. The molecule has 2 heterocycles. The Hall–Kier alpha value is -0.390. The Bertz CT molecular complexity index is 473. The van der Waals surface area contributed by atoms with Crippen LogP contribution in [0.3, 0.4) is 0 Å². The fourth-order valence-corrected chi connectivity index (χ4v) is 2.52. The quantitative estimate of drug-likeness (QED) is 0.398. The summed E-state index contributed by atoms with van der Waals surface area (Å²) in [7, 11) is -4.75. The van der Waals surface area contributed by atoms with Crippen LogP contribution in [0.1, 0.15) is 14.3 Å². The first-order valence-corrected chi connectivity index (χ1v) is 6.22. The minimum atomic E-state index is -4.75. The molecule has 2 bridgehead atoms. The first kappa shape index (κ1) is 15.7. The molecule has 0 radical (unpaired) electrons. The van der Waals surface area contributed by atoms with Crippen LogP contribution in [-0.4, -0.2) is 53.5 Å². The molecule has 2 unspecified atom stereocenters. The van der Waals surface area contributed by atoms with E-state index in [9.17, 15) is 18.0 Å². The Morgan fingerprint density at radius 1 is 1.50 bits per heavy atom. The number of rotatable bonds is 3. The largest absolute Gasteiger partial charge is 1.00 e. The zero-order chi connectivity index (χ0) is 12.8. The van der Waals surface area contributed by atoms with E-state index in [0.717, 1.165) is 4.90 Å². The van der Waals surface area contributed by atoms with Gasteiger partial charge in [0.15, 0.2) is 0 Å². The Morgan fingerprint density at radius 3 is 2.61 bits per heavy atom. The summed E-state index contributed by atoms with van der Waals surface area (Å²) in [4.78, 5) is 23.9. The molecule has 0 aliphatic carbocycles. The second-order valence-corrected chi connectivity index (χ2v) is 4.92. The van der Waals surface area contributed by atoms with Crippen LogP contribution in [-0.2, 0) is 19.5 Å². The number of hydrogen-bond donors (Lipinski definition) is 2. The van der Waals surface area contributed by atoms with Gasteiger partial charge in [0.1, 0.15) is 6.04 Å². The van der Waals surface area contributed by atoms with E-state index >= 15 is 0 Å². The number of hydrogen-bond acceptors (Lipinski definition) is 5. The van der Waals surface area contributed by atoms with E-state index in [-0.39, 0.29) is 37.5 Å². The van der Waals surface area contributed by atoms with E-state index in [0.29, 0.717) is 17.9 Å². The van der Waals surface area contributed by atoms with E-state index in [1.54, 1.807) is 0 Å². The molecule has 2 aliphatic rings. The van der Waals surface area contributed by atoms with Gasteiger partial charge < -0.3 is 12.1 Å². The van der Waals surface area contributed by atoms with Crippen LogP contribution in [0.4, 0.5) is 4.79 Å². The van der Waals surface area contributed by atoms with Crippen molar-refractivity contribution in [2.45, 2.75) is 24.9 Å². The number of carbonyl (C=O) groups excluding carboxylic acids is 2. The van der Waals surface area contributed by atoms with E-state index in [1.165, 1.54) is 0 Å². The summed E-state index contributed by atoms with van der Waals surface area (Å²) in [5.74, 6) is -0.648. The summed E-state index contributed by atoms with van der Waals surface area (Å²) in [6, 6.07) is -2.04. The topological polar surface area (TPSA) is 130 Å². The molecule has 2 atom stereocenters. The number of hydroxylamine groups is 2. The number of piperidine rings is 1. The van der Waals surface area contributed by atoms with Gasteiger partial charge in [0.2, 0.25) is 5.91 Å². The molecule has 2 aliphatic heterocycles. The van der Waals surface area contributed by atoms with Crippen LogP contribution in [0.5, 0.6) is 0 Å². The third-order valence-corrected chi connectivity index (χ3v) is 3.17. The Labute approximate surface area is 127 Å². The summed E-state index contributed by atoms with van der Waals surface area (Å²) in [5, 5.41) is 0.568. The number of primary amides is 1. The van der Waals surface area contributed by atoms with E-state index < -0.39 is 34.4 Å². The van der Waals surface area contributed by atoms with Gasteiger partial charge in [-0.15, -0.1) is 4.28 Å². The number of nitrogens with two attached hydrogens (primary N) is 1. The number of nitrogens with zero attached hydrogens (tertiary/aromatic N) is 2. The Kier molecular flexibility index (Phi) is 4.62. The molecule has 0 aromatic heterocycles. The van der Waals surface area contributed by atoms with Crippen molar-refractivity contribution in [2.75, 3.05) is 6.54 Å². The molecule has 98 valence electrons. The van der Waals surface area contributed by atoms with Gasteiger partial charge in [-0.3, -0.25) is 9.35 Å². The minimum absolute atomic E-state index is 0. The van der Waals surface area contributed by atoms with Crippen molar-refractivity contribution in [3.63, 3.8) is 0 Å². The first-order chi connectivity index (χ1) is 7.79. The van der Waals surface area contributed by atoms with Crippen LogP contribution < -0.4 is 35.3 Å². The van der Waals surface area contributed by atoms with Gasteiger partial charge in [-0.25, -0.2) is 4.79 Å². The predicted molar refractivity (Wildman–Crippen MR) is 53.7 cm³/mol. The van der Waals surface area contributed by atoms with Crippen molar-refractivity contribution < 1.29 is 57.8 Å². The summed E-state index contributed by atoms with van der Waals surface area (Å²) >= 11 is 0. The molecule has 0 aromatic carbocycles. The van der Waals surface area contributed by atoms with Crippen molar-refractivity contribution in [1.29, 1.82) is 0 Å². The second kappa shape index (κ2) is 5.31. The molecule has 3 N–H and O–H groups in total. The van der Waals surface area contributed by atoms with Crippen molar-refractivity contribution in [1.82, 2.24) is 9.96 Å². The Morgan fingerprint density at radius 2 is 2.11 bits per heavy atom. The summed E-state index contributed by atoms with van der Waals surface area (Å²) in [6.07, 6.45) is 0.725. The van der Waals surface area contributed by atoms with E-state index in [2.05, 4.69) is 4.28 Å². The number of fused-ring (bicyclic) bond motifs is 2. The van der Waals surface area contributed by atoms with Crippen molar-refractivity contribution in [2.24, 2.45) is 5.73 Å². The van der Waals surface area contributed by atoms with Crippen molar-refractivity contribution in [3.05, 3.63) is 0 Å². The zero-order valence-electron chi connectivity index (χ0n) is 10.6. The molecule has 11 heteroatoms. The molecule has 2 fully saturated rings. The molecule has 18 heavy (non-hydrogen) atoms. The number of carbonyl (C=O) groups is 2. The van der Waals surface area contributed by atoms with Gasteiger partial charge in [-0.05, 0) is 12.8 Å². The summed E-state index contributed by atoms with van der Waals surface area (Å²) in [5.41, 5.74) is 5.13. The third kappa shape index (κ3) is 2.95. The average Bonchev–Trinajstić information content (AvgIpc) is 2.42. The fraction of sp³-hybridized carbons (Fsp3) is 0.714. The van der Waals surface area contributed by atoms with Crippen molar-refractivity contribution in [3.8, 4) is 0 Å². The van der Waals surface area contributed by atoms with Crippen molar-refractivity contribution >= 4 is 22.3 Å². The molecule has 0 spiro atoms. The molecular formula is C7H12N3NaO6S. The van der Waals surface area contributed by atoms with Crippen LogP contribution in [0.25, 0.3) is 0 Å². The average molecular weight is 289 g/mol. The monoisotopic (exact) mass is 289 g/mol.